The molecule has 18 heavy (non-hydrogen) atoms. The zero-order valence-electron chi connectivity index (χ0n) is 8.82. The Labute approximate surface area is 99.4 Å². The molecule has 5 nitrogen and oxygen atoms in total. The van der Waals surface area contributed by atoms with Crippen molar-refractivity contribution in [3.05, 3.63) is 41.8 Å². The van der Waals surface area contributed by atoms with Crippen molar-refractivity contribution in [2.75, 3.05) is 5.43 Å². The molecule has 0 radical (unpaired) electrons. The first-order chi connectivity index (χ1) is 8.61. The van der Waals surface area contributed by atoms with Crippen molar-refractivity contribution in [2.45, 2.75) is 0 Å². The van der Waals surface area contributed by atoms with Crippen molar-refractivity contribution in [1.29, 1.82) is 0 Å². The zero-order valence-corrected chi connectivity index (χ0v) is 8.82. The normalized spacial score (nSPS) is 10.2. The summed E-state index contributed by atoms with van der Waals surface area (Å²) in [6, 6.07) is 3.26. The average molecular weight is 256 g/mol. The second kappa shape index (κ2) is 4.88. The Bertz CT molecular complexity index is 579. The van der Waals surface area contributed by atoms with E-state index in [4.69, 9.17) is 10.6 Å². The van der Waals surface area contributed by atoms with Crippen LogP contribution in [0.2, 0.25) is 0 Å². The number of ether oxygens (including phenoxy) is 1. The van der Waals surface area contributed by atoms with Crippen LogP contribution < -0.4 is 16.0 Å². The largest absolute Gasteiger partial charge is 0.433 e. The molecule has 0 aliphatic heterocycles. The number of nitrogens with zero attached hydrogens (tertiary/aromatic N) is 2. The van der Waals surface area contributed by atoms with E-state index in [1.54, 1.807) is 0 Å². The summed E-state index contributed by atoms with van der Waals surface area (Å²) in [5, 5.41) is 0. The van der Waals surface area contributed by atoms with E-state index in [1.165, 1.54) is 6.07 Å². The Morgan fingerprint density at radius 3 is 2.67 bits per heavy atom. The predicted octanol–water partition coefficient (Wildman–Crippen LogP) is 1.97. The Balaban J connectivity index is 2.36. The molecule has 8 heteroatoms. The molecule has 94 valence electrons. The van der Waals surface area contributed by atoms with Gasteiger partial charge in [0.2, 0.25) is 17.6 Å². The van der Waals surface area contributed by atoms with Crippen LogP contribution >= 0.6 is 0 Å². The fourth-order valence-electron chi connectivity index (χ4n) is 1.16. The van der Waals surface area contributed by atoms with Crippen molar-refractivity contribution < 1.29 is 17.9 Å². The number of rotatable bonds is 3. The Hall–Kier alpha value is -2.35. The van der Waals surface area contributed by atoms with E-state index in [1.807, 2.05) is 0 Å². The van der Waals surface area contributed by atoms with Crippen molar-refractivity contribution >= 4 is 5.95 Å². The number of benzene rings is 1. The minimum absolute atomic E-state index is 0.122. The summed E-state index contributed by atoms with van der Waals surface area (Å²) in [5.41, 5.74) is 2.07. The zero-order chi connectivity index (χ0) is 13.1. The van der Waals surface area contributed by atoms with E-state index in [-0.39, 0.29) is 5.95 Å². The first-order valence-corrected chi connectivity index (χ1v) is 4.73. The van der Waals surface area contributed by atoms with Gasteiger partial charge in [0.25, 0.3) is 5.88 Å². The molecule has 0 spiro atoms. The van der Waals surface area contributed by atoms with Gasteiger partial charge in [-0.3, -0.25) is 5.43 Å². The van der Waals surface area contributed by atoms with Gasteiger partial charge in [0.05, 0.1) is 6.20 Å². The van der Waals surface area contributed by atoms with Gasteiger partial charge in [-0.2, -0.15) is 13.8 Å². The molecule has 2 rings (SSSR count). The van der Waals surface area contributed by atoms with E-state index < -0.39 is 29.1 Å². The molecule has 0 saturated carbocycles. The predicted molar refractivity (Wildman–Crippen MR) is 56.2 cm³/mol. The van der Waals surface area contributed by atoms with Crippen LogP contribution in [0.15, 0.2) is 24.4 Å². The SMILES string of the molecule is NNc1ncc(F)c(Oc2cccc(F)c2F)n1. The third kappa shape index (κ3) is 2.33. The molecule has 3 N–H and O–H groups in total. The van der Waals surface area contributed by atoms with Crippen LogP contribution in [0.25, 0.3) is 0 Å². The molecule has 1 aromatic carbocycles. The number of nitrogen functional groups attached to an aromatic ring is 1. The Morgan fingerprint density at radius 2 is 1.94 bits per heavy atom. The van der Waals surface area contributed by atoms with E-state index >= 15 is 0 Å². The molecule has 0 amide bonds. The smallest absolute Gasteiger partial charge is 0.261 e. The molecule has 0 unspecified atom stereocenters. The minimum Gasteiger partial charge on any atom is -0.433 e. The minimum atomic E-state index is -1.24. The molecule has 2 aromatic rings. The number of anilines is 1. The number of nitrogens with two attached hydrogens (primary N) is 1. The maximum absolute atomic E-state index is 13.3. The van der Waals surface area contributed by atoms with Crippen LogP contribution in [-0.4, -0.2) is 9.97 Å². The van der Waals surface area contributed by atoms with E-state index in [2.05, 4.69) is 15.4 Å². The first kappa shape index (κ1) is 12.1. The van der Waals surface area contributed by atoms with Crippen molar-refractivity contribution in [2.24, 2.45) is 5.84 Å². The lowest BCUT2D eigenvalue weighted by Crippen LogP contribution is -2.11. The van der Waals surface area contributed by atoms with Crippen LogP contribution in [0, 0.1) is 17.5 Å². The van der Waals surface area contributed by atoms with Crippen LogP contribution in [0.1, 0.15) is 0 Å². The summed E-state index contributed by atoms with van der Waals surface area (Å²) in [6.45, 7) is 0. The van der Waals surface area contributed by atoms with E-state index in [0.717, 1.165) is 18.3 Å². The molecule has 0 aliphatic rings. The van der Waals surface area contributed by atoms with Crippen LogP contribution in [0.4, 0.5) is 19.1 Å². The molecule has 1 heterocycles. The summed E-state index contributed by atoms with van der Waals surface area (Å²) in [6.07, 6.45) is 0.786. The molecule has 0 atom stereocenters. The highest BCUT2D eigenvalue weighted by Gasteiger charge is 2.14. The van der Waals surface area contributed by atoms with Gasteiger partial charge < -0.3 is 4.74 Å². The van der Waals surface area contributed by atoms with Gasteiger partial charge in [-0.05, 0) is 12.1 Å². The van der Waals surface area contributed by atoms with Crippen LogP contribution in [-0.2, 0) is 0 Å². The van der Waals surface area contributed by atoms with Gasteiger partial charge in [-0.25, -0.2) is 15.2 Å². The summed E-state index contributed by atoms with van der Waals surface area (Å²) in [4.78, 5) is 6.99. The van der Waals surface area contributed by atoms with Crippen molar-refractivity contribution in [3.63, 3.8) is 0 Å². The van der Waals surface area contributed by atoms with Crippen LogP contribution in [0.3, 0.4) is 0 Å². The van der Waals surface area contributed by atoms with E-state index in [0.29, 0.717) is 0 Å². The third-order valence-electron chi connectivity index (χ3n) is 1.96. The fourth-order valence-corrected chi connectivity index (χ4v) is 1.16. The van der Waals surface area contributed by atoms with Crippen molar-refractivity contribution in [1.82, 2.24) is 9.97 Å². The van der Waals surface area contributed by atoms with Gasteiger partial charge >= 0.3 is 0 Å². The lowest BCUT2D eigenvalue weighted by Gasteiger charge is -2.07. The molecular formula is C10H7F3N4O. The molecule has 0 aliphatic carbocycles. The second-order valence-electron chi connectivity index (χ2n) is 3.15. The molecule has 0 bridgehead atoms. The summed E-state index contributed by atoms with van der Waals surface area (Å²) < 4.78 is 44.3. The molecule has 0 fully saturated rings. The third-order valence-corrected chi connectivity index (χ3v) is 1.96. The van der Waals surface area contributed by atoms with Crippen molar-refractivity contribution in [3.8, 4) is 11.6 Å². The quantitative estimate of drug-likeness (QED) is 0.648. The van der Waals surface area contributed by atoms with Crippen LogP contribution in [0.5, 0.6) is 11.6 Å². The lowest BCUT2D eigenvalue weighted by atomic mass is 10.3. The highest BCUT2D eigenvalue weighted by Crippen LogP contribution is 2.26. The topological polar surface area (TPSA) is 73.1 Å². The van der Waals surface area contributed by atoms with Gasteiger partial charge in [0, 0.05) is 0 Å². The average Bonchev–Trinajstić information content (AvgIpc) is 2.37. The number of hydrogen-bond donors (Lipinski definition) is 2. The number of nitrogens with one attached hydrogen (secondary N) is 1. The summed E-state index contributed by atoms with van der Waals surface area (Å²) >= 11 is 0. The highest BCUT2D eigenvalue weighted by molar-refractivity contribution is 5.32. The van der Waals surface area contributed by atoms with E-state index in [9.17, 15) is 13.2 Å². The summed E-state index contributed by atoms with van der Waals surface area (Å²) in [5.74, 6) is 0.567. The monoisotopic (exact) mass is 256 g/mol. The van der Waals surface area contributed by atoms with Gasteiger partial charge in [-0.1, -0.05) is 6.07 Å². The first-order valence-electron chi connectivity index (χ1n) is 4.73. The highest BCUT2D eigenvalue weighted by atomic mass is 19.2. The molecule has 1 aromatic heterocycles. The number of aromatic nitrogens is 2. The molecule has 0 saturated heterocycles. The number of halogens is 3. The standard InChI is InChI=1S/C10H7F3N4O/c11-5-2-1-3-7(8(5)13)18-9-6(12)4-15-10(16-9)17-14/h1-4H,14H2,(H,15,16,17). The fraction of sp³-hybridized carbons (Fsp3) is 0. The lowest BCUT2D eigenvalue weighted by molar-refractivity contribution is 0.383. The number of hydrogen-bond acceptors (Lipinski definition) is 5. The molecular weight excluding hydrogens is 249 g/mol. The van der Waals surface area contributed by atoms with Gasteiger partial charge in [0.15, 0.2) is 11.6 Å². The second-order valence-corrected chi connectivity index (χ2v) is 3.15. The Kier molecular flexibility index (Phi) is 3.28. The Morgan fingerprint density at radius 1 is 1.17 bits per heavy atom. The number of hydrazine groups is 1. The summed E-state index contributed by atoms with van der Waals surface area (Å²) in [7, 11) is 0. The van der Waals surface area contributed by atoms with Gasteiger partial charge in [0.1, 0.15) is 0 Å². The maximum Gasteiger partial charge on any atom is 0.261 e. The van der Waals surface area contributed by atoms with Gasteiger partial charge in [-0.15, -0.1) is 0 Å². The maximum atomic E-state index is 13.3.